The molecule has 10 heteroatoms. The SMILES string of the molecule is COC(=O)[C@@H](OC(C)(C)C)c1c(C)nc2cc3nn2c1N1CCC(C)(CC1)OC/C=C/CCn1ccc(n1)-c1cccc-3c1. The lowest BCUT2D eigenvalue weighted by atomic mass is 9.92. The maximum Gasteiger partial charge on any atom is 0.339 e. The van der Waals surface area contributed by atoms with Crippen molar-refractivity contribution in [3.8, 4) is 22.5 Å². The van der Waals surface area contributed by atoms with Crippen LogP contribution >= 0.6 is 0 Å². The Labute approximate surface area is 258 Å². The third kappa shape index (κ3) is 6.14. The molecule has 0 radical (unpaired) electrons. The maximum absolute atomic E-state index is 13.3. The molecule has 8 bridgehead atoms. The number of anilines is 1. The van der Waals surface area contributed by atoms with Gasteiger partial charge in [0.25, 0.3) is 0 Å². The first kappa shape index (κ1) is 30.0. The van der Waals surface area contributed by atoms with Crippen LogP contribution in [0.1, 0.15) is 64.3 Å². The highest BCUT2D eigenvalue weighted by molar-refractivity contribution is 5.80. The zero-order chi connectivity index (χ0) is 31.1. The first-order chi connectivity index (χ1) is 21.0. The van der Waals surface area contributed by atoms with Crippen LogP contribution in [0, 0.1) is 6.92 Å². The Morgan fingerprint density at radius 2 is 1.77 bits per heavy atom. The number of methoxy groups -OCH3 is 1. The number of ether oxygens (including phenoxy) is 3. The van der Waals surface area contributed by atoms with Gasteiger partial charge in [0.1, 0.15) is 5.82 Å². The first-order valence-electron chi connectivity index (χ1n) is 15.4. The van der Waals surface area contributed by atoms with E-state index in [1.54, 1.807) is 0 Å². The van der Waals surface area contributed by atoms with E-state index in [-0.39, 0.29) is 5.60 Å². The van der Waals surface area contributed by atoms with Crippen molar-refractivity contribution in [3.05, 3.63) is 66.0 Å². The third-order valence-electron chi connectivity index (χ3n) is 8.39. The smallest absolute Gasteiger partial charge is 0.339 e. The lowest BCUT2D eigenvalue weighted by molar-refractivity contribution is -0.164. The van der Waals surface area contributed by atoms with Gasteiger partial charge in [0.2, 0.25) is 0 Å². The molecule has 1 aromatic carbocycles. The van der Waals surface area contributed by atoms with Crippen molar-refractivity contribution < 1.29 is 19.0 Å². The van der Waals surface area contributed by atoms with E-state index in [2.05, 4.69) is 42.2 Å². The number of nitrogens with zero attached hydrogens (tertiary/aromatic N) is 6. The van der Waals surface area contributed by atoms with Crippen LogP contribution in [0.25, 0.3) is 28.2 Å². The number of esters is 1. The molecular formula is C34H42N6O4. The number of aromatic nitrogens is 5. The van der Waals surface area contributed by atoms with E-state index in [1.807, 2.05) is 61.3 Å². The fourth-order valence-corrected chi connectivity index (χ4v) is 6.01. The molecule has 1 fully saturated rings. The molecule has 6 heterocycles. The summed E-state index contributed by atoms with van der Waals surface area (Å²) in [5.41, 5.74) is 4.86. The molecule has 0 saturated carbocycles. The Kier molecular flexibility index (Phi) is 8.06. The minimum absolute atomic E-state index is 0.265. The Balaban J connectivity index is 1.53. The highest BCUT2D eigenvalue weighted by Gasteiger charge is 2.38. The first-order valence-corrected chi connectivity index (χ1v) is 15.4. The molecule has 10 nitrogen and oxygen atoms in total. The normalized spacial score (nSPS) is 18.4. The number of benzene rings is 1. The fourth-order valence-electron chi connectivity index (χ4n) is 6.01. The van der Waals surface area contributed by atoms with Crippen molar-refractivity contribution >= 4 is 17.4 Å². The highest BCUT2D eigenvalue weighted by atomic mass is 16.6. The lowest BCUT2D eigenvalue weighted by Crippen LogP contribution is -2.45. The second kappa shape index (κ2) is 11.8. The monoisotopic (exact) mass is 598 g/mol. The number of allylic oxidation sites excluding steroid dienone is 1. The standard InChI is InChI=1S/C34H42N6O4/c1-23-29(30(32(41)42-6)44-33(2,3)4)31-38-18-14-34(5,15-19-38)43-20-9-7-8-16-39-17-13-26(36-39)24-11-10-12-25(21-24)27-22-28(35-23)40(31)37-27/h7,9-13,17,21-22,30H,8,14-16,18-20H2,1-6H3/b9-7+/t30-/m0/s1. The second-order valence-corrected chi connectivity index (χ2v) is 12.9. The molecule has 0 N–H and O–H groups in total. The van der Waals surface area contributed by atoms with Crippen molar-refractivity contribution in [2.24, 2.45) is 0 Å². The van der Waals surface area contributed by atoms with Gasteiger partial charge in [-0.15, -0.1) is 0 Å². The number of hydrogen-bond donors (Lipinski definition) is 0. The summed E-state index contributed by atoms with van der Waals surface area (Å²) in [4.78, 5) is 20.6. The summed E-state index contributed by atoms with van der Waals surface area (Å²) in [6.45, 7) is 12.7. The van der Waals surface area contributed by atoms with Gasteiger partial charge >= 0.3 is 5.97 Å². The summed E-state index contributed by atoms with van der Waals surface area (Å²) in [5.74, 6) is 0.327. The number of carbonyl (C=O) groups excluding carboxylic acids is 1. The lowest BCUT2D eigenvalue weighted by Gasteiger charge is -2.41. The van der Waals surface area contributed by atoms with Crippen LogP contribution in [0.2, 0.25) is 0 Å². The summed E-state index contributed by atoms with van der Waals surface area (Å²) >= 11 is 0. The van der Waals surface area contributed by atoms with Crippen molar-refractivity contribution in [2.75, 3.05) is 31.7 Å². The van der Waals surface area contributed by atoms with E-state index in [9.17, 15) is 4.79 Å². The summed E-state index contributed by atoms with van der Waals surface area (Å²) in [6.07, 6.45) is 7.83. The molecule has 3 aromatic heterocycles. The number of hydrogen-bond acceptors (Lipinski definition) is 8. The molecule has 3 aliphatic heterocycles. The molecule has 1 saturated heterocycles. The molecule has 0 unspecified atom stereocenters. The number of rotatable bonds is 3. The molecule has 0 spiro atoms. The molecule has 0 aliphatic carbocycles. The van der Waals surface area contributed by atoms with E-state index in [1.165, 1.54) is 7.11 Å². The number of piperidine rings is 1. The molecule has 3 aliphatic rings. The van der Waals surface area contributed by atoms with Crippen LogP contribution in [0.3, 0.4) is 0 Å². The minimum atomic E-state index is -0.974. The molecule has 232 valence electrons. The minimum Gasteiger partial charge on any atom is -0.467 e. The van der Waals surface area contributed by atoms with Gasteiger partial charge in [0.05, 0.1) is 41.9 Å². The van der Waals surface area contributed by atoms with Crippen molar-refractivity contribution in [1.29, 1.82) is 0 Å². The average molecular weight is 599 g/mol. The van der Waals surface area contributed by atoms with Crippen LogP contribution in [-0.2, 0) is 25.5 Å². The van der Waals surface area contributed by atoms with E-state index < -0.39 is 17.7 Å². The Bertz CT molecular complexity index is 1690. The van der Waals surface area contributed by atoms with Gasteiger partial charge in [0.15, 0.2) is 11.8 Å². The van der Waals surface area contributed by atoms with E-state index in [0.717, 1.165) is 67.2 Å². The Morgan fingerprint density at radius 1 is 1.02 bits per heavy atom. The van der Waals surface area contributed by atoms with Gasteiger partial charge in [0, 0.05) is 48.7 Å². The zero-order valence-electron chi connectivity index (χ0n) is 26.5. The molecule has 7 rings (SSSR count). The van der Waals surface area contributed by atoms with Crippen LogP contribution in [-0.4, -0.2) is 68.4 Å². The second-order valence-electron chi connectivity index (χ2n) is 12.9. The van der Waals surface area contributed by atoms with Gasteiger partial charge in [-0.25, -0.2) is 9.78 Å². The predicted octanol–water partition coefficient (Wildman–Crippen LogP) is 5.93. The van der Waals surface area contributed by atoms with E-state index in [0.29, 0.717) is 23.5 Å². The maximum atomic E-state index is 13.3. The van der Waals surface area contributed by atoms with E-state index >= 15 is 0 Å². The third-order valence-corrected chi connectivity index (χ3v) is 8.39. The molecule has 4 aromatic rings. The number of carbonyl (C=O) groups is 1. The summed E-state index contributed by atoms with van der Waals surface area (Å²) < 4.78 is 21.9. The van der Waals surface area contributed by atoms with E-state index in [4.69, 9.17) is 29.4 Å². The largest absolute Gasteiger partial charge is 0.467 e. The zero-order valence-corrected chi connectivity index (χ0v) is 26.5. The topological polar surface area (TPSA) is 96.0 Å². The summed E-state index contributed by atoms with van der Waals surface area (Å²) in [6, 6.07) is 12.3. The van der Waals surface area contributed by atoms with Crippen LogP contribution in [0.5, 0.6) is 0 Å². The van der Waals surface area contributed by atoms with Crippen molar-refractivity contribution in [2.45, 2.75) is 77.7 Å². The molecule has 1 atom stereocenters. The molecule has 0 amide bonds. The molecule has 44 heavy (non-hydrogen) atoms. The van der Waals surface area contributed by atoms with Crippen LogP contribution in [0.15, 0.2) is 54.7 Å². The van der Waals surface area contributed by atoms with Gasteiger partial charge < -0.3 is 19.1 Å². The molecular weight excluding hydrogens is 556 g/mol. The van der Waals surface area contributed by atoms with Crippen molar-refractivity contribution in [3.63, 3.8) is 0 Å². The van der Waals surface area contributed by atoms with Crippen LogP contribution in [0.4, 0.5) is 5.82 Å². The summed E-state index contributed by atoms with van der Waals surface area (Å²) in [5, 5.41) is 9.93. The highest BCUT2D eigenvalue weighted by Crippen LogP contribution is 2.39. The van der Waals surface area contributed by atoms with Gasteiger partial charge in [-0.2, -0.15) is 14.7 Å². The summed E-state index contributed by atoms with van der Waals surface area (Å²) in [7, 11) is 1.39. The van der Waals surface area contributed by atoms with Crippen LogP contribution < -0.4 is 4.90 Å². The average Bonchev–Trinajstić information content (AvgIpc) is 3.64. The van der Waals surface area contributed by atoms with Gasteiger partial charge in [-0.1, -0.05) is 30.4 Å². The Morgan fingerprint density at radius 3 is 2.50 bits per heavy atom. The van der Waals surface area contributed by atoms with Gasteiger partial charge in [-0.3, -0.25) is 4.68 Å². The van der Waals surface area contributed by atoms with Crippen molar-refractivity contribution in [1.82, 2.24) is 24.4 Å². The number of aryl methyl sites for hydroxylation is 2. The quantitative estimate of drug-likeness (QED) is 0.211. The Hall–Kier alpha value is -4.02. The number of fused-ring (bicyclic) bond motifs is 6. The predicted molar refractivity (Wildman–Crippen MR) is 170 cm³/mol. The van der Waals surface area contributed by atoms with Gasteiger partial charge in [-0.05, 0) is 66.0 Å². The fraction of sp³-hybridized carbons (Fsp3) is 0.471.